The van der Waals surface area contributed by atoms with Crippen LogP contribution in [-0.2, 0) is 6.54 Å². The third kappa shape index (κ3) is 5.48. The molecule has 1 heterocycles. The number of halogens is 3. The van der Waals surface area contributed by atoms with E-state index in [9.17, 15) is 13.2 Å². The Morgan fingerprint density at radius 2 is 2.05 bits per heavy atom. The number of aromatic nitrogens is 1. The lowest BCUT2D eigenvalue weighted by molar-refractivity contribution is -0.0886. The van der Waals surface area contributed by atoms with Crippen LogP contribution in [0.4, 0.5) is 13.2 Å². The van der Waals surface area contributed by atoms with Gasteiger partial charge in [0, 0.05) is 18.9 Å². The van der Waals surface area contributed by atoms with Crippen LogP contribution in [0.2, 0.25) is 0 Å². The molecular weight excluding hydrogens is 289 g/mol. The summed E-state index contributed by atoms with van der Waals surface area (Å²) in [6.07, 6.45) is 3.09. The van der Waals surface area contributed by atoms with Crippen molar-refractivity contribution in [3.8, 4) is 0 Å². The number of hydrogen-bond acceptors (Lipinski definition) is 2. The molecule has 1 unspecified atom stereocenters. The van der Waals surface area contributed by atoms with E-state index in [4.69, 9.17) is 5.73 Å². The maximum absolute atomic E-state index is 13.0. The molecule has 0 fully saturated rings. The van der Waals surface area contributed by atoms with E-state index in [0.717, 1.165) is 11.6 Å². The second-order valence-corrected chi connectivity index (χ2v) is 5.15. The van der Waals surface area contributed by atoms with Gasteiger partial charge in [0.25, 0.3) is 0 Å². The van der Waals surface area contributed by atoms with Gasteiger partial charge >= 0.3 is 6.18 Å². The van der Waals surface area contributed by atoms with Gasteiger partial charge in [0.15, 0.2) is 0 Å². The third-order valence-corrected chi connectivity index (χ3v) is 3.30. The van der Waals surface area contributed by atoms with E-state index in [-0.39, 0.29) is 5.92 Å². The molecule has 0 aromatic carbocycles. The molecule has 0 saturated heterocycles. The van der Waals surface area contributed by atoms with E-state index in [1.54, 1.807) is 25.4 Å². The van der Waals surface area contributed by atoms with E-state index in [1.165, 1.54) is 12.2 Å². The Morgan fingerprint density at radius 3 is 2.59 bits per heavy atom. The Morgan fingerprint density at radius 1 is 1.36 bits per heavy atom. The highest BCUT2D eigenvalue weighted by molar-refractivity contribution is 5.72. The molecule has 2 nitrogen and oxygen atoms in total. The first-order chi connectivity index (χ1) is 10.3. The van der Waals surface area contributed by atoms with Gasteiger partial charge in [0.2, 0.25) is 0 Å². The van der Waals surface area contributed by atoms with Gasteiger partial charge < -0.3 is 5.73 Å². The topological polar surface area (TPSA) is 38.9 Å². The second kappa shape index (κ2) is 7.94. The van der Waals surface area contributed by atoms with Crippen LogP contribution in [-0.4, -0.2) is 11.2 Å². The summed E-state index contributed by atoms with van der Waals surface area (Å²) in [5.74, 6) is -0.142. The van der Waals surface area contributed by atoms with Crippen LogP contribution in [0.3, 0.4) is 0 Å². The molecule has 0 radical (unpaired) electrons. The van der Waals surface area contributed by atoms with Crippen LogP contribution in [0, 0.1) is 5.92 Å². The third-order valence-electron chi connectivity index (χ3n) is 3.30. The largest absolute Gasteiger partial charge is 0.416 e. The lowest BCUT2D eigenvalue weighted by Gasteiger charge is -2.11. The molecule has 0 spiro atoms. The van der Waals surface area contributed by atoms with Gasteiger partial charge in [-0.15, -0.1) is 0 Å². The molecule has 0 saturated carbocycles. The summed E-state index contributed by atoms with van der Waals surface area (Å²) >= 11 is 0. The molecule has 0 amide bonds. The Labute approximate surface area is 129 Å². The first-order valence-corrected chi connectivity index (χ1v) is 7.08. The molecule has 1 aromatic rings. The molecule has 0 aliphatic heterocycles. The molecule has 1 aromatic heterocycles. The van der Waals surface area contributed by atoms with Crippen LogP contribution in [0.1, 0.15) is 31.4 Å². The van der Waals surface area contributed by atoms with Gasteiger partial charge in [-0.2, -0.15) is 13.2 Å². The van der Waals surface area contributed by atoms with Crippen molar-refractivity contribution in [2.45, 2.75) is 33.0 Å². The van der Waals surface area contributed by atoms with Gasteiger partial charge in [-0.25, -0.2) is 0 Å². The minimum absolute atomic E-state index is 0.142. The highest BCUT2D eigenvalue weighted by Crippen LogP contribution is 2.29. The van der Waals surface area contributed by atoms with Crippen molar-refractivity contribution in [1.29, 1.82) is 0 Å². The number of rotatable bonds is 6. The fraction of sp³-hybridized carbons (Fsp3) is 0.353. The Kier molecular flexibility index (Phi) is 6.56. The minimum atomic E-state index is -4.38. The van der Waals surface area contributed by atoms with E-state index < -0.39 is 11.7 Å². The Bertz CT molecular complexity index is 572. The van der Waals surface area contributed by atoms with Crippen molar-refractivity contribution < 1.29 is 13.2 Å². The summed E-state index contributed by atoms with van der Waals surface area (Å²) in [5.41, 5.74) is 6.78. The smallest absolute Gasteiger partial charge is 0.326 e. The molecule has 120 valence electrons. The normalized spacial score (nSPS) is 14.4. The van der Waals surface area contributed by atoms with Gasteiger partial charge in [-0.05, 0) is 34.8 Å². The highest BCUT2D eigenvalue weighted by atomic mass is 19.4. The predicted molar refractivity (Wildman–Crippen MR) is 83.9 cm³/mol. The molecule has 1 atom stereocenters. The number of hydrogen-bond donors (Lipinski definition) is 1. The zero-order valence-corrected chi connectivity index (χ0v) is 12.8. The summed E-state index contributed by atoms with van der Waals surface area (Å²) in [6, 6.07) is 1.77. The summed E-state index contributed by atoms with van der Waals surface area (Å²) in [6.45, 7) is 7.71. The summed E-state index contributed by atoms with van der Waals surface area (Å²) in [5, 5.41) is 0. The highest BCUT2D eigenvalue weighted by Gasteiger charge is 2.31. The van der Waals surface area contributed by atoms with Crippen molar-refractivity contribution >= 4 is 5.57 Å². The summed E-state index contributed by atoms with van der Waals surface area (Å²) in [4.78, 5) is 4.00. The van der Waals surface area contributed by atoms with Crippen LogP contribution in [0.5, 0.6) is 0 Å². The van der Waals surface area contributed by atoms with Gasteiger partial charge in [-0.3, -0.25) is 4.98 Å². The standard InChI is InChI=1S/C17H21F3N2/c1-4-12(2)7-16(17(18,19)20)6-5-13(3)15-8-14(9-21)10-22-11-15/h5-8,10-12H,3-4,9,21H2,1-2H3/b6-5-,16-7+. The van der Waals surface area contributed by atoms with Gasteiger partial charge in [0.1, 0.15) is 0 Å². The van der Waals surface area contributed by atoms with Crippen molar-refractivity contribution in [2.75, 3.05) is 0 Å². The number of pyridine rings is 1. The van der Waals surface area contributed by atoms with E-state index in [1.807, 2.05) is 6.92 Å². The number of nitrogens with zero attached hydrogens (tertiary/aromatic N) is 1. The van der Waals surface area contributed by atoms with E-state index >= 15 is 0 Å². The predicted octanol–water partition coefficient (Wildman–Crippen LogP) is 4.64. The summed E-state index contributed by atoms with van der Waals surface area (Å²) in [7, 11) is 0. The maximum Gasteiger partial charge on any atom is 0.416 e. The van der Waals surface area contributed by atoms with Crippen LogP contribution < -0.4 is 5.73 Å². The quantitative estimate of drug-likeness (QED) is 0.777. The molecule has 0 bridgehead atoms. The first-order valence-electron chi connectivity index (χ1n) is 7.08. The minimum Gasteiger partial charge on any atom is -0.326 e. The zero-order chi connectivity index (χ0) is 16.8. The van der Waals surface area contributed by atoms with Crippen LogP contribution in [0.25, 0.3) is 5.57 Å². The van der Waals surface area contributed by atoms with Crippen LogP contribution >= 0.6 is 0 Å². The molecule has 1 rings (SSSR count). The number of nitrogens with two attached hydrogens (primary N) is 1. The van der Waals surface area contributed by atoms with Gasteiger partial charge in [-0.1, -0.05) is 39.0 Å². The molecule has 0 aliphatic carbocycles. The molecule has 5 heteroatoms. The van der Waals surface area contributed by atoms with Crippen molar-refractivity contribution in [1.82, 2.24) is 4.98 Å². The SMILES string of the molecule is C=C(/C=C\C(=C/C(C)CC)C(F)(F)F)c1cncc(CN)c1. The van der Waals surface area contributed by atoms with Crippen molar-refractivity contribution in [3.05, 3.63) is 60.0 Å². The van der Waals surface area contributed by atoms with Crippen molar-refractivity contribution in [3.63, 3.8) is 0 Å². The second-order valence-electron chi connectivity index (χ2n) is 5.15. The Hall–Kier alpha value is -1.88. The molecule has 2 N–H and O–H groups in total. The monoisotopic (exact) mass is 310 g/mol. The maximum atomic E-state index is 13.0. The van der Waals surface area contributed by atoms with Gasteiger partial charge in [0.05, 0.1) is 5.57 Å². The average molecular weight is 310 g/mol. The molecule has 0 aliphatic rings. The van der Waals surface area contributed by atoms with E-state index in [2.05, 4.69) is 11.6 Å². The number of alkyl halides is 3. The molecular formula is C17H21F3N2. The average Bonchev–Trinajstić information content (AvgIpc) is 2.49. The van der Waals surface area contributed by atoms with E-state index in [0.29, 0.717) is 24.1 Å². The number of allylic oxidation sites excluding steroid dienone is 5. The summed E-state index contributed by atoms with van der Waals surface area (Å²) < 4.78 is 39.0. The van der Waals surface area contributed by atoms with Crippen molar-refractivity contribution in [2.24, 2.45) is 11.7 Å². The van der Waals surface area contributed by atoms with Crippen LogP contribution in [0.15, 0.2) is 48.8 Å². The lowest BCUT2D eigenvalue weighted by atomic mass is 10.0. The fourth-order valence-corrected chi connectivity index (χ4v) is 1.73. The Balaban J connectivity index is 2.99. The zero-order valence-electron chi connectivity index (χ0n) is 12.8. The lowest BCUT2D eigenvalue weighted by Crippen LogP contribution is -2.11. The first kappa shape index (κ1) is 18.2. The molecule has 22 heavy (non-hydrogen) atoms. The fourth-order valence-electron chi connectivity index (χ4n) is 1.73.